The van der Waals surface area contributed by atoms with Gasteiger partial charge in [-0.25, -0.2) is 18.9 Å². The smallest absolute Gasteiger partial charge is 0.243 e. The second-order valence-electron chi connectivity index (χ2n) is 9.69. The van der Waals surface area contributed by atoms with Gasteiger partial charge in [-0.05, 0) is 55.9 Å². The summed E-state index contributed by atoms with van der Waals surface area (Å²) in [6, 6.07) is 4.91. The van der Waals surface area contributed by atoms with Crippen molar-refractivity contribution in [1.82, 2.24) is 19.7 Å². The van der Waals surface area contributed by atoms with Crippen LogP contribution in [0.3, 0.4) is 0 Å². The first-order valence-electron chi connectivity index (χ1n) is 13.2. The number of hydrogen-bond donors (Lipinski definition) is 3. The van der Waals surface area contributed by atoms with Crippen LogP contribution >= 0.6 is 0 Å². The third-order valence-electron chi connectivity index (χ3n) is 7.11. The highest BCUT2D eigenvalue weighted by Gasteiger charge is 2.33. The number of hydroxylamine groups is 1. The molecule has 1 fully saturated rings. The quantitative estimate of drug-likeness (QED) is 0.372. The van der Waals surface area contributed by atoms with Crippen molar-refractivity contribution in [1.29, 1.82) is 0 Å². The molecule has 208 valence electrons. The van der Waals surface area contributed by atoms with Crippen molar-refractivity contribution >= 4 is 27.2 Å². The van der Waals surface area contributed by atoms with E-state index in [1.807, 2.05) is 18.5 Å². The van der Waals surface area contributed by atoms with E-state index in [9.17, 15) is 13.5 Å². The van der Waals surface area contributed by atoms with Gasteiger partial charge in [-0.1, -0.05) is 19.9 Å². The number of hydrogen-bond acceptors (Lipinski definition) is 8. The van der Waals surface area contributed by atoms with E-state index in [1.54, 1.807) is 25.2 Å². The molecular weight excluding hydrogens is 506 g/mol. The number of sulfonamides is 1. The number of aliphatic hydroxyl groups is 1. The minimum Gasteiger partial charge on any atom is -0.493 e. The number of amidine groups is 1. The zero-order chi connectivity index (χ0) is 27.4. The largest absolute Gasteiger partial charge is 0.493 e. The number of aryl methyl sites for hydroxylation is 2. The van der Waals surface area contributed by atoms with Gasteiger partial charge in [0, 0.05) is 33.4 Å². The van der Waals surface area contributed by atoms with E-state index in [-0.39, 0.29) is 17.4 Å². The van der Waals surface area contributed by atoms with Crippen LogP contribution in [0.15, 0.2) is 40.9 Å². The standard InChI is InChI=1S/C27H39N5O5S/c1-6-8-20-16-31(5)26-18(3)29-27(30-25(20)26)22-15-21(9-10-24(22)36-7-2)38(34,35)32-13-11-19(12-14-32)23(33)17-37-28-4/h9-10,15-16,19,23,28,33H,3,6-8,11-14,17H2,1-2,4-5H3,(H,29,30). The van der Waals surface area contributed by atoms with Crippen LogP contribution in [-0.4, -0.2) is 67.7 Å². The molecule has 1 unspecified atom stereocenters. The number of aromatic nitrogens is 1. The zero-order valence-electron chi connectivity index (χ0n) is 22.7. The lowest BCUT2D eigenvalue weighted by molar-refractivity contribution is -0.0398. The predicted octanol–water partition coefficient (Wildman–Crippen LogP) is 2.94. The van der Waals surface area contributed by atoms with Crippen LogP contribution in [0, 0.1) is 5.92 Å². The van der Waals surface area contributed by atoms with Crippen LogP contribution in [0.1, 0.15) is 49.9 Å². The number of benzene rings is 1. The molecule has 0 saturated carbocycles. The molecule has 11 heteroatoms. The minimum atomic E-state index is -3.76. The summed E-state index contributed by atoms with van der Waals surface area (Å²) in [5.74, 6) is 1.04. The van der Waals surface area contributed by atoms with Gasteiger partial charge in [-0.15, -0.1) is 0 Å². The Kier molecular flexibility index (Phi) is 8.94. The van der Waals surface area contributed by atoms with Crippen molar-refractivity contribution in [2.45, 2.75) is 50.5 Å². The maximum atomic E-state index is 13.7. The van der Waals surface area contributed by atoms with Crippen LogP contribution in [0.25, 0.3) is 5.70 Å². The third-order valence-corrected chi connectivity index (χ3v) is 9.01. The topological polar surface area (TPSA) is 117 Å². The third kappa shape index (κ3) is 5.67. The number of nitrogens with zero attached hydrogens (tertiary/aromatic N) is 3. The molecule has 0 spiro atoms. The van der Waals surface area contributed by atoms with Crippen molar-refractivity contribution in [2.24, 2.45) is 18.0 Å². The first kappa shape index (κ1) is 28.3. The monoisotopic (exact) mass is 545 g/mol. The Hall–Kier alpha value is -2.70. The molecule has 4 rings (SSSR count). The molecule has 0 bridgehead atoms. The fourth-order valence-electron chi connectivity index (χ4n) is 5.17. The molecule has 0 aliphatic carbocycles. The molecule has 0 radical (unpaired) electrons. The average molecular weight is 546 g/mol. The molecule has 3 N–H and O–H groups in total. The van der Waals surface area contributed by atoms with Gasteiger partial charge in [0.2, 0.25) is 10.0 Å². The summed E-state index contributed by atoms with van der Waals surface area (Å²) in [5.41, 5.74) is 6.73. The van der Waals surface area contributed by atoms with Gasteiger partial charge in [0.1, 0.15) is 11.6 Å². The van der Waals surface area contributed by atoms with E-state index >= 15 is 0 Å². The van der Waals surface area contributed by atoms with Gasteiger partial charge in [0.25, 0.3) is 0 Å². The molecule has 1 aromatic heterocycles. The van der Waals surface area contributed by atoms with Crippen molar-refractivity contribution < 1.29 is 23.1 Å². The minimum absolute atomic E-state index is 0.0186. The molecule has 2 aliphatic heterocycles. The highest BCUT2D eigenvalue weighted by atomic mass is 32.2. The Morgan fingerprint density at radius 2 is 2.03 bits per heavy atom. The molecular formula is C27H39N5O5S. The lowest BCUT2D eigenvalue weighted by atomic mass is 9.93. The Morgan fingerprint density at radius 1 is 1.29 bits per heavy atom. The Morgan fingerprint density at radius 3 is 2.68 bits per heavy atom. The normalized spacial score (nSPS) is 17.6. The second kappa shape index (κ2) is 12.0. The van der Waals surface area contributed by atoms with Crippen LogP contribution in [0.2, 0.25) is 0 Å². The summed E-state index contributed by atoms with van der Waals surface area (Å²) in [6.45, 7) is 9.48. The van der Waals surface area contributed by atoms with Gasteiger partial charge in [0.15, 0.2) is 0 Å². The maximum absolute atomic E-state index is 13.7. The number of rotatable bonds is 11. The zero-order valence-corrected chi connectivity index (χ0v) is 23.5. The van der Waals surface area contributed by atoms with Gasteiger partial charge < -0.3 is 19.7 Å². The predicted molar refractivity (Wildman–Crippen MR) is 148 cm³/mol. The summed E-state index contributed by atoms with van der Waals surface area (Å²) in [5, 5.41) is 13.6. The number of ether oxygens (including phenoxy) is 1. The lowest BCUT2D eigenvalue weighted by Crippen LogP contribution is -2.42. The molecule has 1 aromatic carbocycles. The number of fused-ring (bicyclic) bond motifs is 1. The Balaban J connectivity index is 1.65. The number of aliphatic imine (C=N–C) groups is 1. The maximum Gasteiger partial charge on any atom is 0.243 e. The molecule has 0 amide bonds. The molecule has 38 heavy (non-hydrogen) atoms. The van der Waals surface area contributed by atoms with Crippen LogP contribution in [0.5, 0.6) is 5.75 Å². The molecule has 2 aliphatic rings. The lowest BCUT2D eigenvalue weighted by Gasteiger charge is -2.33. The van der Waals surface area contributed by atoms with Gasteiger partial charge >= 0.3 is 0 Å². The Bertz CT molecular complexity index is 1300. The fraction of sp³-hybridized carbons (Fsp3) is 0.519. The van der Waals surface area contributed by atoms with E-state index < -0.39 is 16.1 Å². The summed E-state index contributed by atoms with van der Waals surface area (Å²) < 4.78 is 36.7. The van der Waals surface area contributed by atoms with Crippen molar-refractivity contribution in [3.63, 3.8) is 0 Å². The highest BCUT2D eigenvalue weighted by Crippen LogP contribution is 2.37. The molecule has 1 atom stereocenters. The summed E-state index contributed by atoms with van der Waals surface area (Å²) in [6.07, 6.45) is 4.41. The summed E-state index contributed by atoms with van der Waals surface area (Å²) in [4.78, 5) is 10.2. The van der Waals surface area contributed by atoms with E-state index in [2.05, 4.69) is 30.5 Å². The molecule has 10 nitrogen and oxygen atoms in total. The van der Waals surface area contributed by atoms with Crippen LogP contribution in [0.4, 0.5) is 5.69 Å². The number of piperidine rings is 1. The molecule has 2 aromatic rings. The summed E-state index contributed by atoms with van der Waals surface area (Å²) in [7, 11) is -0.153. The first-order chi connectivity index (χ1) is 18.2. The van der Waals surface area contributed by atoms with Gasteiger partial charge in [-0.3, -0.25) is 4.84 Å². The van der Waals surface area contributed by atoms with Gasteiger partial charge in [0.05, 0.1) is 46.9 Å². The van der Waals surface area contributed by atoms with E-state index in [0.717, 1.165) is 29.8 Å². The van der Waals surface area contributed by atoms with Crippen LogP contribution in [-0.2, 0) is 28.3 Å². The van der Waals surface area contributed by atoms with E-state index in [0.29, 0.717) is 55.4 Å². The SMILES string of the molecule is C=C1NC(c2cc(S(=O)(=O)N3CCC(C(O)CONC)CC3)ccc2OCC)=Nc2c(CCC)cn(C)c21. The van der Waals surface area contributed by atoms with Crippen molar-refractivity contribution in [3.05, 3.63) is 47.8 Å². The fourth-order valence-corrected chi connectivity index (χ4v) is 6.67. The van der Waals surface area contributed by atoms with Crippen LogP contribution < -0.4 is 15.5 Å². The number of nitrogens with one attached hydrogen (secondary N) is 2. The molecule has 1 saturated heterocycles. The highest BCUT2D eigenvalue weighted by molar-refractivity contribution is 7.89. The Labute approximate surface area is 225 Å². The number of aliphatic hydroxyl groups excluding tert-OH is 1. The summed E-state index contributed by atoms with van der Waals surface area (Å²) >= 11 is 0. The van der Waals surface area contributed by atoms with Crippen molar-refractivity contribution in [2.75, 3.05) is 33.4 Å². The van der Waals surface area contributed by atoms with Gasteiger partial charge in [-0.2, -0.15) is 4.31 Å². The van der Waals surface area contributed by atoms with Crippen molar-refractivity contribution in [3.8, 4) is 5.75 Å². The second-order valence-corrected chi connectivity index (χ2v) is 11.6. The van der Waals surface area contributed by atoms with E-state index in [4.69, 9.17) is 14.6 Å². The van der Waals surface area contributed by atoms with E-state index in [1.165, 1.54) is 4.31 Å². The average Bonchev–Trinajstić information content (AvgIpc) is 3.23. The first-order valence-corrected chi connectivity index (χ1v) is 14.6. The molecule has 3 heterocycles.